The maximum atomic E-state index is 11.9. The van der Waals surface area contributed by atoms with Crippen LogP contribution in [0.2, 0.25) is 0 Å². The van der Waals surface area contributed by atoms with Gasteiger partial charge in [0.2, 0.25) is 5.91 Å². The normalized spacial score (nSPS) is 12.3. The molecule has 3 rings (SSSR count). The molecule has 6 nitrogen and oxygen atoms in total. The number of rotatable bonds is 2. The first kappa shape index (κ1) is 15.1. The lowest BCUT2D eigenvalue weighted by Crippen LogP contribution is -2.13. The van der Waals surface area contributed by atoms with E-state index < -0.39 is 0 Å². The number of hydrogen-bond acceptors (Lipinski definition) is 4. The predicted octanol–water partition coefficient (Wildman–Crippen LogP) is 1.89. The average Bonchev–Trinajstić information content (AvgIpc) is 2.86. The zero-order valence-corrected chi connectivity index (χ0v) is 12.4. The van der Waals surface area contributed by atoms with Crippen molar-refractivity contribution >= 4 is 11.6 Å². The lowest BCUT2D eigenvalue weighted by Gasteiger charge is -2.10. The van der Waals surface area contributed by atoms with Gasteiger partial charge in [0, 0.05) is 11.6 Å². The minimum absolute atomic E-state index is 0.125. The van der Waals surface area contributed by atoms with Gasteiger partial charge in [-0.05, 0) is 12.1 Å². The summed E-state index contributed by atoms with van der Waals surface area (Å²) in [5, 5.41) is 16.4. The van der Waals surface area contributed by atoms with Crippen LogP contribution in [0.1, 0.15) is 25.1 Å². The van der Waals surface area contributed by atoms with Gasteiger partial charge in [-0.25, -0.2) is 4.68 Å². The first-order chi connectivity index (χ1) is 10.2. The molecule has 0 atom stereocenters. The molecule has 1 aromatic carbocycles. The fourth-order valence-corrected chi connectivity index (χ4v) is 2.20. The van der Waals surface area contributed by atoms with E-state index in [0.717, 1.165) is 5.69 Å². The molecule has 2 N–H and O–H groups in total. The Morgan fingerprint density at radius 1 is 1.43 bits per heavy atom. The number of nitrogens with one attached hydrogen (secondary N) is 1. The summed E-state index contributed by atoms with van der Waals surface area (Å²) < 4.78 is 6.86. The number of methoxy groups -OCH3 is 1. The number of nitrogens with zero attached hydrogens (tertiary/aromatic N) is 2. The summed E-state index contributed by atoms with van der Waals surface area (Å²) in [5.74, 6) is 0.558. The van der Waals surface area contributed by atoms with Crippen molar-refractivity contribution in [3.8, 4) is 11.4 Å². The Morgan fingerprint density at radius 3 is 2.86 bits per heavy atom. The highest BCUT2D eigenvalue weighted by Gasteiger charge is 2.22. The minimum Gasteiger partial charge on any atom is -0.497 e. The number of anilines is 1. The maximum absolute atomic E-state index is 11.9. The third-order valence-electron chi connectivity index (χ3n) is 3.16. The van der Waals surface area contributed by atoms with Crippen molar-refractivity contribution in [2.75, 3.05) is 12.4 Å². The Kier molecular flexibility index (Phi) is 4.59. The number of aliphatic hydroxyl groups is 1. The zero-order valence-electron chi connectivity index (χ0n) is 12.4. The van der Waals surface area contributed by atoms with E-state index in [1.54, 1.807) is 36.2 Å². The van der Waals surface area contributed by atoms with Crippen LogP contribution in [0.4, 0.5) is 5.69 Å². The summed E-state index contributed by atoms with van der Waals surface area (Å²) in [6, 6.07) is 5.36. The van der Waals surface area contributed by atoms with Crippen LogP contribution in [0, 0.1) is 0 Å². The van der Waals surface area contributed by atoms with Crippen LogP contribution in [0.15, 0.2) is 24.4 Å². The summed E-state index contributed by atoms with van der Waals surface area (Å²) in [6.45, 7) is 3.86. The SMILES string of the molecule is CC.COc1ccc2c(c1)-n1ncc(CO)c1CC(=O)N2. The van der Waals surface area contributed by atoms with Crippen LogP contribution in [-0.4, -0.2) is 27.9 Å². The van der Waals surface area contributed by atoms with E-state index in [2.05, 4.69) is 10.4 Å². The van der Waals surface area contributed by atoms with Crippen molar-refractivity contribution in [1.29, 1.82) is 0 Å². The molecule has 21 heavy (non-hydrogen) atoms. The first-order valence-electron chi connectivity index (χ1n) is 6.88. The van der Waals surface area contributed by atoms with Crippen molar-refractivity contribution in [2.45, 2.75) is 26.9 Å². The number of carbonyl (C=O) groups is 1. The summed E-state index contributed by atoms with van der Waals surface area (Å²) in [4.78, 5) is 11.9. The van der Waals surface area contributed by atoms with Gasteiger partial charge in [0.25, 0.3) is 0 Å². The Labute approximate surface area is 123 Å². The van der Waals surface area contributed by atoms with Crippen LogP contribution < -0.4 is 10.1 Å². The van der Waals surface area contributed by atoms with Gasteiger partial charge in [-0.15, -0.1) is 0 Å². The summed E-state index contributed by atoms with van der Waals surface area (Å²) in [6.07, 6.45) is 1.77. The highest BCUT2D eigenvalue weighted by Crippen LogP contribution is 2.29. The second-order valence-electron chi connectivity index (χ2n) is 4.29. The van der Waals surface area contributed by atoms with Gasteiger partial charge in [0.1, 0.15) is 5.75 Å². The molecular weight excluding hydrogens is 270 g/mol. The Hall–Kier alpha value is -2.34. The summed E-state index contributed by atoms with van der Waals surface area (Å²) >= 11 is 0. The van der Waals surface area contributed by atoms with Gasteiger partial charge in [-0.1, -0.05) is 13.8 Å². The van der Waals surface area contributed by atoms with E-state index >= 15 is 0 Å². The number of carbonyl (C=O) groups excluding carboxylic acids is 1. The third-order valence-corrected chi connectivity index (χ3v) is 3.16. The third kappa shape index (κ3) is 2.75. The lowest BCUT2D eigenvalue weighted by molar-refractivity contribution is -0.115. The summed E-state index contributed by atoms with van der Waals surface area (Å²) in [7, 11) is 1.58. The van der Waals surface area contributed by atoms with Gasteiger partial charge >= 0.3 is 0 Å². The predicted molar refractivity (Wildman–Crippen MR) is 79.7 cm³/mol. The standard InChI is InChI=1S/C13H13N3O3.C2H6/c1-19-9-2-3-10-12(4-9)16-11(5-13(18)15-10)8(7-17)6-14-16;1-2/h2-4,6,17H,5,7H2,1H3,(H,15,18);1-2H3. The van der Waals surface area contributed by atoms with Crippen molar-refractivity contribution in [3.05, 3.63) is 35.7 Å². The van der Waals surface area contributed by atoms with Crippen LogP contribution >= 0.6 is 0 Å². The van der Waals surface area contributed by atoms with Gasteiger partial charge in [-0.3, -0.25) is 4.79 Å². The maximum Gasteiger partial charge on any atom is 0.230 e. The van der Waals surface area contributed by atoms with Gasteiger partial charge < -0.3 is 15.2 Å². The van der Waals surface area contributed by atoms with E-state index in [-0.39, 0.29) is 18.9 Å². The van der Waals surface area contributed by atoms with E-state index in [9.17, 15) is 9.90 Å². The van der Waals surface area contributed by atoms with Gasteiger partial charge in [0.05, 0.1) is 43.4 Å². The number of benzene rings is 1. The molecule has 0 saturated carbocycles. The molecule has 1 aromatic heterocycles. The minimum atomic E-state index is -0.137. The van der Waals surface area contributed by atoms with Crippen LogP contribution in [0.5, 0.6) is 5.75 Å². The smallest absolute Gasteiger partial charge is 0.230 e. The highest BCUT2D eigenvalue weighted by molar-refractivity contribution is 5.95. The molecule has 1 aliphatic heterocycles. The van der Waals surface area contributed by atoms with Crippen LogP contribution in [0.25, 0.3) is 5.69 Å². The Morgan fingerprint density at radius 2 is 2.19 bits per heavy atom. The molecule has 1 aliphatic rings. The lowest BCUT2D eigenvalue weighted by atomic mass is 10.2. The monoisotopic (exact) mass is 289 g/mol. The van der Waals surface area contributed by atoms with Crippen molar-refractivity contribution in [3.63, 3.8) is 0 Å². The van der Waals surface area contributed by atoms with Gasteiger partial charge in [0.15, 0.2) is 0 Å². The number of ether oxygens (including phenoxy) is 1. The molecule has 0 radical (unpaired) electrons. The molecule has 0 saturated heterocycles. The second kappa shape index (κ2) is 6.41. The average molecular weight is 289 g/mol. The number of amides is 1. The molecule has 0 bridgehead atoms. The molecule has 2 heterocycles. The Balaban J connectivity index is 0.000000774. The fraction of sp³-hybridized carbons (Fsp3) is 0.333. The number of hydrogen-bond donors (Lipinski definition) is 2. The number of aliphatic hydroxyl groups excluding tert-OH is 1. The van der Waals surface area contributed by atoms with E-state index in [1.165, 1.54) is 0 Å². The fourth-order valence-electron chi connectivity index (χ4n) is 2.20. The molecule has 0 fully saturated rings. The van der Waals surface area contributed by atoms with Crippen molar-refractivity contribution < 1.29 is 14.6 Å². The van der Waals surface area contributed by atoms with E-state index in [0.29, 0.717) is 22.7 Å². The molecule has 112 valence electrons. The van der Waals surface area contributed by atoms with Crippen LogP contribution in [0.3, 0.4) is 0 Å². The number of aromatic nitrogens is 2. The molecular formula is C15H19N3O3. The quantitative estimate of drug-likeness (QED) is 0.885. The zero-order chi connectivity index (χ0) is 15.4. The largest absolute Gasteiger partial charge is 0.497 e. The van der Waals surface area contributed by atoms with Crippen molar-refractivity contribution in [1.82, 2.24) is 9.78 Å². The highest BCUT2D eigenvalue weighted by atomic mass is 16.5. The van der Waals surface area contributed by atoms with Crippen molar-refractivity contribution in [2.24, 2.45) is 0 Å². The molecule has 0 aliphatic carbocycles. The second-order valence-corrected chi connectivity index (χ2v) is 4.29. The molecule has 1 amide bonds. The molecule has 2 aromatic rings. The van der Waals surface area contributed by atoms with E-state index in [1.807, 2.05) is 13.8 Å². The molecule has 6 heteroatoms. The topological polar surface area (TPSA) is 76.4 Å². The van der Waals surface area contributed by atoms with Crippen LogP contribution in [-0.2, 0) is 17.8 Å². The van der Waals surface area contributed by atoms with Gasteiger partial charge in [-0.2, -0.15) is 5.10 Å². The number of fused-ring (bicyclic) bond motifs is 3. The Bertz CT molecular complexity index is 650. The first-order valence-corrected chi connectivity index (χ1v) is 6.88. The molecule has 0 spiro atoms. The summed E-state index contributed by atoms with van der Waals surface area (Å²) in [5.41, 5.74) is 2.77. The molecule has 0 unspecified atom stereocenters. The van der Waals surface area contributed by atoms with E-state index in [4.69, 9.17) is 4.74 Å².